The molecular weight excluding hydrogens is 396 g/mol. The van der Waals surface area contributed by atoms with Crippen LogP contribution in [0.15, 0.2) is 96.3 Å². The first-order valence-corrected chi connectivity index (χ1v) is 11.8. The van der Waals surface area contributed by atoms with E-state index in [-0.39, 0.29) is 0 Å². The molecule has 0 aliphatic heterocycles. The van der Waals surface area contributed by atoms with E-state index in [0.29, 0.717) is 0 Å². The number of hydrogen-bond acceptors (Lipinski definition) is 2. The van der Waals surface area contributed by atoms with Gasteiger partial charge in [-0.1, -0.05) is 62.5 Å². The Kier molecular flexibility index (Phi) is 8.53. The van der Waals surface area contributed by atoms with E-state index in [9.17, 15) is 0 Å². The summed E-state index contributed by atoms with van der Waals surface area (Å²) in [4.78, 5) is 1.23. The molecule has 0 atom stereocenters. The van der Waals surface area contributed by atoms with Crippen LogP contribution in [0.25, 0.3) is 16.2 Å². The maximum absolute atomic E-state index is 5.31. The molecule has 0 unspecified atom stereocenters. The van der Waals surface area contributed by atoms with Crippen molar-refractivity contribution in [1.29, 1.82) is 0 Å². The molecular formula is C29H32OS. The number of hydrogen-bond donors (Lipinski definition) is 0. The zero-order valence-corrected chi connectivity index (χ0v) is 19.6. The average molecular weight is 429 g/mol. The van der Waals surface area contributed by atoms with Crippen LogP contribution in [0.4, 0.5) is 0 Å². The smallest absolute Gasteiger partial charge is 0.120 e. The Bertz CT molecular complexity index is 1080. The summed E-state index contributed by atoms with van der Waals surface area (Å²) in [6, 6.07) is 8.40. The number of rotatable bonds is 9. The summed E-state index contributed by atoms with van der Waals surface area (Å²) in [5.74, 6) is 2.54. The lowest BCUT2D eigenvalue weighted by molar-refractivity contribution is 0.233. The molecule has 1 aliphatic carbocycles. The van der Waals surface area contributed by atoms with Crippen LogP contribution in [-0.2, 0) is 0 Å². The number of methoxy groups -OCH3 is 1. The molecule has 2 heteroatoms. The van der Waals surface area contributed by atoms with Crippen molar-refractivity contribution in [2.45, 2.75) is 33.1 Å². The van der Waals surface area contributed by atoms with E-state index in [1.807, 2.05) is 6.07 Å². The minimum Gasteiger partial charge on any atom is -0.497 e. The second-order valence-electron chi connectivity index (χ2n) is 7.89. The summed E-state index contributed by atoms with van der Waals surface area (Å²) < 4.78 is 6.55. The quantitative estimate of drug-likeness (QED) is 0.287. The van der Waals surface area contributed by atoms with Crippen LogP contribution in [0, 0.1) is 11.8 Å². The van der Waals surface area contributed by atoms with E-state index in [2.05, 4.69) is 99.0 Å². The minimum atomic E-state index is 0.725. The topological polar surface area (TPSA) is 9.23 Å². The average Bonchev–Trinajstić information content (AvgIpc) is 3.17. The first kappa shape index (κ1) is 22.9. The van der Waals surface area contributed by atoms with Gasteiger partial charge in [0.1, 0.15) is 5.75 Å². The predicted octanol–water partition coefficient (Wildman–Crippen LogP) is 8.69. The third-order valence-corrected chi connectivity index (χ3v) is 6.86. The SMILES string of the molecule is C=C=C(/C=C\C(=CC)/C=C/C=C/c1cc2ccc(OC)cc2s1)/C=C\C1CC(CC)C1. The summed E-state index contributed by atoms with van der Waals surface area (Å²) in [7, 11) is 1.70. The van der Waals surface area contributed by atoms with Crippen molar-refractivity contribution in [3.8, 4) is 5.75 Å². The Balaban J connectivity index is 1.56. The molecule has 1 fully saturated rings. The Morgan fingerprint density at radius 3 is 2.71 bits per heavy atom. The largest absolute Gasteiger partial charge is 0.497 e. The van der Waals surface area contributed by atoms with Gasteiger partial charge in [-0.2, -0.15) is 0 Å². The molecule has 0 saturated heterocycles. The lowest BCUT2D eigenvalue weighted by Gasteiger charge is -2.32. The molecule has 0 radical (unpaired) electrons. The van der Waals surface area contributed by atoms with Gasteiger partial charge in [0.05, 0.1) is 7.11 Å². The summed E-state index contributed by atoms with van der Waals surface area (Å²) in [6.07, 6.45) is 23.2. The van der Waals surface area contributed by atoms with Gasteiger partial charge in [-0.3, -0.25) is 0 Å². The summed E-state index contributed by atoms with van der Waals surface area (Å²) >= 11 is 1.77. The number of fused-ring (bicyclic) bond motifs is 1. The van der Waals surface area contributed by atoms with E-state index in [1.165, 1.54) is 34.2 Å². The first-order chi connectivity index (χ1) is 15.1. The van der Waals surface area contributed by atoms with Crippen LogP contribution in [0.1, 0.15) is 38.0 Å². The zero-order valence-electron chi connectivity index (χ0n) is 18.8. The van der Waals surface area contributed by atoms with E-state index >= 15 is 0 Å². The van der Waals surface area contributed by atoms with Crippen LogP contribution in [0.2, 0.25) is 0 Å². The van der Waals surface area contributed by atoms with Crippen molar-refractivity contribution in [1.82, 2.24) is 0 Å². The summed E-state index contributed by atoms with van der Waals surface area (Å²) in [5.41, 5.74) is 5.23. The lowest BCUT2D eigenvalue weighted by Crippen LogP contribution is -2.20. The van der Waals surface area contributed by atoms with Gasteiger partial charge in [-0.05, 0) is 79.0 Å². The van der Waals surface area contributed by atoms with Crippen LogP contribution in [0.3, 0.4) is 0 Å². The van der Waals surface area contributed by atoms with Crippen molar-refractivity contribution in [2.75, 3.05) is 7.11 Å². The molecule has 31 heavy (non-hydrogen) atoms. The van der Waals surface area contributed by atoms with Crippen LogP contribution >= 0.6 is 11.3 Å². The molecule has 1 saturated carbocycles. The van der Waals surface area contributed by atoms with Gasteiger partial charge in [0.15, 0.2) is 0 Å². The Morgan fingerprint density at radius 2 is 2.00 bits per heavy atom. The van der Waals surface area contributed by atoms with E-state index in [4.69, 9.17) is 4.74 Å². The molecule has 0 bridgehead atoms. The Hall–Kier alpha value is -2.80. The summed E-state index contributed by atoms with van der Waals surface area (Å²) in [6.45, 7) is 8.17. The van der Waals surface area contributed by atoms with Gasteiger partial charge in [0.2, 0.25) is 0 Å². The monoisotopic (exact) mass is 428 g/mol. The predicted molar refractivity (Wildman–Crippen MR) is 138 cm³/mol. The van der Waals surface area contributed by atoms with Crippen molar-refractivity contribution in [3.63, 3.8) is 0 Å². The number of benzene rings is 1. The van der Waals surface area contributed by atoms with Gasteiger partial charge in [0, 0.05) is 15.2 Å². The second kappa shape index (κ2) is 11.6. The highest BCUT2D eigenvalue weighted by molar-refractivity contribution is 7.19. The highest BCUT2D eigenvalue weighted by Crippen LogP contribution is 2.36. The molecule has 1 aliphatic rings. The third-order valence-electron chi connectivity index (χ3n) is 5.80. The summed E-state index contributed by atoms with van der Waals surface area (Å²) in [5, 5.41) is 1.25. The number of thiophene rings is 1. The fourth-order valence-corrected chi connectivity index (χ4v) is 4.69. The van der Waals surface area contributed by atoms with Crippen molar-refractivity contribution in [2.24, 2.45) is 11.8 Å². The molecule has 1 aromatic heterocycles. The first-order valence-electron chi connectivity index (χ1n) is 11.0. The van der Waals surface area contributed by atoms with E-state index < -0.39 is 0 Å². The van der Waals surface area contributed by atoms with E-state index in [1.54, 1.807) is 18.4 Å². The molecule has 3 rings (SSSR count). The molecule has 0 N–H and O–H groups in total. The van der Waals surface area contributed by atoms with Crippen molar-refractivity contribution in [3.05, 3.63) is 101 Å². The maximum atomic E-state index is 5.31. The number of allylic oxidation sites excluding steroid dienone is 10. The van der Waals surface area contributed by atoms with Crippen LogP contribution in [-0.4, -0.2) is 7.11 Å². The molecule has 160 valence electrons. The minimum absolute atomic E-state index is 0.725. The van der Waals surface area contributed by atoms with Gasteiger partial charge in [-0.15, -0.1) is 17.1 Å². The van der Waals surface area contributed by atoms with Crippen LogP contribution in [0.5, 0.6) is 5.75 Å². The second-order valence-corrected chi connectivity index (χ2v) is 9.01. The lowest BCUT2D eigenvalue weighted by atomic mass is 9.73. The maximum Gasteiger partial charge on any atom is 0.120 e. The normalized spacial score (nSPS) is 19.6. The van der Waals surface area contributed by atoms with Gasteiger partial charge < -0.3 is 4.74 Å². The van der Waals surface area contributed by atoms with Gasteiger partial charge >= 0.3 is 0 Å². The van der Waals surface area contributed by atoms with Crippen molar-refractivity contribution >= 4 is 27.5 Å². The highest BCUT2D eigenvalue weighted by atomic mass is 32.1. The Labute approximate surface area is 191 Å². The molecule has 0 amide bonds. The van der Waals surface area contributed by atoms with Crippen LogP contribution < -0.4 is 4.74 Å². The highest BCUT2D eigenvalue weighted by Gasteiger charge is 2.24. The molecule has 1 heterocycles. The van der Waals surface area contributed by atoms with Crippen molar-refractivity contribution < 1.29 is 4.74 Å². The molecule has 1 nitrogen and oxygen atoms in total. The standard InChI is InChI=1S/C29H32OS/c1-5-22(12-13-23(6-2)14-15-25-18-24(7-3)19-25)10-8-9-11-28-20-26-16-17-27(30-4)21-29(26)31-28/h5,8-17,20-21,24-25H,2,7,18-19H2,1,3-4H3/b10-8+,11-9+,13-12-,15-14-,22-5?. The molecule has 1 aromatic carbocycles. The fraction of sp³-hybridized carbons (Fsp3) is 0.276. The van der Waals surface area contributed by atoms with Gasteiger partial charge in [-0.25, -0.2) is 0 Å². The molecule has 0 spiro atoms. The van der Waals surface area contributed by atoms with E-state index in [0.717, 1.165) is 28.7 Å². The fourth-order valence-electron chi connectivity index (χ4n) is 3.68. The zero-order chi connectivity index (χ0) is 22.1. The molecule has 2 aromatic rings. The van der Waals surface area contributed by atoms with Gasteiger partial charge in [0.25, 0.3) is 0 Å². The third kappa shape index (κ3) is 6.59. The Morgan fingerprint density at radius 1 is 1.16 bits per heavy atom. The number of ether oxygens (including phenoxy) is 1.